The highest BCUT2D eigenvalue weighted by Crippen LogP contribution is 2.66. The molecule has 6 rings (SSSR count). The zero-order valence-electron chi connectivity index (χ0n) is 23.4. The van der Waals surface area contributed by atoms with Crippen molar-refractivity contribution in [2.45, 2.75) is 87.9 Å². The van der Waals surface area contributed by atoms with Gasteiger partial charge in [0.05, 0.1) is 28.8 Å². The molecule has 4 nitrogen and oxygen atoms in total. The standard InChI is InChI=1S/C34H42O4S/c1-23-19-25-21-26(35)11-12-29(25)30-13-16-34(31(32(23)30)14-15-33(34,2)36)17-18-38-27-8-6-7-24(20-27)22-39(37)28-9-4-3-5-10-28/h3-10,20,23,30-32,36H,11-19,21-22H2,1-2H3/t23-,30?,31?,32?,33+,34-,39?/m1/s1. The molecule has 5 heteroatoms. The Morgan fingerprint density at radius 1 is 1.05 bits per heavy atom. The maximum Gasteiger partial charge on any atom is 0.137 e. The van der Waals surface area contributed by atoms with Crippen molar-refractivity contribution < 1.29 is 18.8 Å². The summed E-state index contributed by atoms with van der Waals surface area (Å²) in [5, 5.41) is 11.8. The molecule has 0 spiro atoms. The third-order valence-corrected chi connectivity index (χ3v) is 12.2. The third-order valence-electron chi connectivity index (χ3n) is 10.8. The van der Waals surface area contributed by atoms with Crippen molar-refractivity contribution in [1.82, 2.24) is 0 Å². The lowest BCUT2D eigenvalue weighted by atomic mass is 9.49. The van der Waals surface area contributed by atoms with E-state index in [0.717, 1.165) is 67.6 Å². The van der Waals surface area contributed by atoms with Crippen LogP contribution in [0.1, 0.15) is 77.2 Å². The molecule has 208 valence electrons. The van der Waals surface area contributed by atoms with E-state index in [4.69, 9.17) is 4.74 Å². The summed E-state index contributed by atoms with van der Waals surface area (Å²) in [5.41, 5.74) is 3.26. The number of ketones is 1. The average molecular weight is 547 g/mol. The second kappa shape index (κ2) is 10.6. The van der Waals surface area contributed by atoms with Crippen molar-refractivity contribution in [2.24, 2.45) is 29.1 Å². The molecule has 2 saturated carbocycles. The molecule has 4 aliphatic rings. The minimum absolute atomic E-state index is 0.128. The van der Waals surface area contributed by atoms with Crippen LogP contribution >= 0.6 is 0 Å². The molecule has 0 aromatic heterocycles. The van der Waals surface area contributed by atoms with E-state index < -0.39 is 16.4 Å². The summed E-state index contributed by atoms with van der Waals surface area (Å²) in [5.74, 6) is 3.93. The van der Waals surface area contributed by atoms with E-state index in [1.54, 1.807) is 5.57 Å². The summed E-state index contributed by atoms with van der Waals surface area (Å²) in [4.78, 5) is 13.0. The number of aliphatic hydroxyl groups is 1. The Morgan fingerprint density at radius 2 is 1.87 bits per heavy atom. The van der Waals surface area contributed by atoms with Crippen molar-refractivity contribution in [3.63, 3.8) is 0 Å². The number of benzene rings is 2. The van der Waals surface area contributed by atoms with Gasteiger partial charge in [0.1, 0.15) is 11.5 Å². The van der Waals surface area contributed by atoms with Crippen molar-refractivity contribution in [1.29, 1.82) is 0 Å². The number of hydrogen-bond donors (Lipinski definition) is 1. The summed E-state index contributed by atoms with van der Waals surface area (Å²) < 4.78 is 19.1. The van der Waals surface area contributed by atoms with Crippen molar-refractivity contribution in [3.8, 4) is 5.75 Å². The minimum Gasteiger partial charge on any atom is -0.494 e. The van der Waals surface area contributed by atoms with Crippen molar-refractivity contribution >= 4 is 16.6 Å². The van der Waals surface area contributed by atoms with Crippen LogP contribution in [0.25, 0.3) is 0 Å². The van der Waals surface area contributed by atoms with Gasteiger partial charge in [0, 0.05) is 23.2 Å². The molecule has 0 bridgehead atoms. The normalized spacial score (nSPS) is 34.7. The highest BCUT2D eigenvalue weighted by atomic mass is 32.2. The van der Waals surface area contributed by atoms with Gasteiger partial charge in [0.25, 0.3) is 0 Å². The van der Waals surface area contributed by atoms with Crippen LogP contribution in [0.15, 0.2) is 70.6 Å². The molecule has 0 radical (unpaired) electrons. The minimum atomic E-state index is -1.09. The lowest BCUT2D eigenvalue weighted by molar-refractivity contribution is -0.125. The Kier molecular flexibility index (Phi) is 7.35. The van der Waals surface area contributed by atoms with Gasteiger partial charge in [0.2, 0.25) is 0 Å². The van der Waals surface area contributed by atoms with Crippen LogP contribution in [0, 0.1) is 29.1 Å². The number of ether oxygens (including phenoxy) is 1. The van der Waals surface area contributed by atoms with E-state index in [9.17, 15) is 14.1 Å². The van der Waals surface area contributed by atoms with Crippen LogP contribution in [0.3, 0.4) is 0 Å². The van der Waals surface area contributed by atoms with Crippen molar-refractivity contribution in [2.75, 3.05) is 6.61 Å². The van der Waals surface area contributed by atoms with E-state index >= 15 is 0 Å². The Labute approximate surface area is 235 Å². The van der Waals surface area contributed by atoms with Crippen molar-refractivity contribution in [3.05, 3.63) is 71.3 Å². The molecule has 4 unspecified atom stereocenters. The molecule has 0 aliphatic heterocycles. The Hall–Kier alpha value is -2.24. The topological polar surface area (TPSA) is 63.6 Å². The number of carbonyl (C=O) groups excluding carboxylic acids is 1. The molecular formula is C34H42O4S. The van der Waals surface area contributed by atoms with Crippen LogP contribution in [0.5, 0.6) is 5.75 Å². The number of fused-ring (bicyclic) bond motifs is 4. The molecule has 0 heterocycles. The average Bonchev–Trinajstić information content (AvgIpc) is 3.19. The van der Waals surface area contributed by atoms with Gasteiger partial charge in [-0.2, -0.15) is 0 Å². The number of rotatable bonds is 7. The van der Waals surface area contributed by atoms with E-state index in [1.807, 2.05) is 54.6 Å². The first kappa shape index (κ1) is 27.0. The fourth-order valence-corrected chi connectivity index (χ4v) is 10.1. The quantitative estimate of drug-likeness (QED) is 0.379. The molecule has 2 aromatic rings. The molecule has 2 fully saturated rings. The molecule has 7 atom stereocenters. The predicted octanol–water partition coefficient (Wildman–Crippen LogP) is 7.03. The van der Waals surface area contributed by atoms with E-state index in [2.05, 4.69) is 13.8 Å². The van der Waals surface area contributed by atoms with Crippen LogP contribution < -0.4 is 4.74 Å². The lowest BCUT2D eigenvalue weighted by Gasteiger charge is -2.56. The summed E-state index contributed by atoms with van der Waals surface area (Å²) in [6, 6.07) is 17.6. The van der Waals surface area contributed by atoms with Gasteiger partial charge in [-0.05, 0) is 105 Å². The monoisotopic (exact) mass is 546 g/mol. The Morgan fingerprint density at radius 3 is 2.69 bits per heavy atom. The van der Waals surface area contributed by atoms with Gasteiger partial charge in [0.15, 0.2) is 0 Å². The molecular weight excluding hydrogens is 504 g/mol. The van der Waals surface area contributed by atoms with E-state index in [0.29, 0.717) is 48.2 Å². The van der Waals surface area contributed by atoms with Gasteiger partial charge in [-0.15, -0.1) is 0 Å². The number of Topliss-reactive ketones (excluding diaryl/α,β-unsaturated/α-hetero) is 1. The molecule has 0 amide bonds. The first-order chi connectivity index (χ1) is 18.8. The second-order valence-electron chi connectivity index (χ2n) is 12.9. The molecule has 2 aromatic carbocycles. The SMILES string of the molecule is C[C@@H]1CC2=C(CCC(=O)C2)C2CC[C@@]3(CCOc4cccc(CS(=O)c5ccccc5)c4)C(CC[C@]3(C)O)C21. The molecule has 39 heavy (non-hydrogen) atoms. The highest BCUT2D eigenvalue weighted by Gasteiger charge is 2.63. The van der Waals surface area contributed by atoms with Crippen LogP contribution in [-0.2, 0) is 21.3 Å². The molecule has 1 N–H and O–H groups in total. The first-order valence-corrected chi connectivity index (χ1v) is 16.2. The maximum atomic E-state index is 12.8. The van der Waals surface area contributed by atoms with Gasteiger partial charge in [-0.3, -0.25) is 9.00 Å². The zero-order chi connectivity index (χ0) is 27.2. The van der Waals surface area contributed by atoms with Gasteiger partial charge in [-0.1, -0.05) is 48.4 Å². The maximum absolute atomic E-state index is 12.8. The Balaban J connectivity index is 1.16. The second-order valence-corrected chi connectivity index (χ2v) is 14.3. The fourth-order valence-electron chi connectivity index (χ4n) is 8.99. The lowest BCUT2D eigenvalue weighted by Crippen LogP contribution is -2.54. The number of allylic oxidation sites excluding steroid dienone is 2. The number of carbonyl (C=O) groups is 1. The predicted molar refractivity (Wildman–Crippen MR) is 155 cm³/mol. The smallest absolute Gasteiger partial charge is 0.137 e. The molecule has 4 aliphatic carbocycles. The summed E-state index contributed by atoms with van der Waals surface area (Å²) >= 11 is 0. The number of hydrogen-bond acceptors (Lipinski definition) is 4. The van der Waals surface area contributed by atoms with Gasteiger partial charge >= 0.3 is 0 Å². The first-order valence-electron chi connectivity index (χ1n) is 14.9. The van der Waals surface area contributed by atoms with Crippen LogP contribution in [-0.4, -0.2) is 27.3 Å². The summed E-state index contributed by atoms with van der Waals surface area (Å²) in [7, 11) is -1.09. The zero-order valence-corrected chi connectivity index (χ0v) is 24.2. The molecule has 0 saturated heterocycles. The van der Waals surface area contributed by atoms with Gasteiger partial charge < -0.3 is 9.84 Å². The van der Waals surface area contributed by atoms with E-state index in [-0.39, 0.29) is 5.41 Å². The van der Waals surface area contributed by atoms with Gasteiger partial charge in [-0.25, -0.2) is 0 Å². The highest BCUT2D eigenvalue weighted by molar-refractivity contribution is 7.84. The fraction of sp³-hybridized carbons (Fsp3) is 0.559. The largest absolute Gasteiger partial charge is 0.494 e. The summed E-state index contributed by atoms with van der Waals surface area (Å²) in [6.07, 6.45) is 8.37. The van der Waals surface area contributed by atoms with Crippen LogP contribution in [0.2, 0.25) is 0 Å². The van der Waals surface area contributed by atoms with E-state index in [1.165, 1.54) is 5.57 Å². The Bertz CT molecular complexity index is 1280. The summed E-state index contributed by atoms with van der Waals surface area (Å²) in [6.45, 7) is 5.04. The van der Waals surface area contributed by atoms with Crippen LogP contribution in [0.4, 0.5) is 0 Å². The third kappa shape index (κ3) is 4.95.